The van der Waals surface area contributed by atoms with Crippen LogP contribution in [0.15, 0.2) is 12.1 Å². The van der Waals surface area contributed by atoms with Gasteiger partial charge >= 0.3 is 0 Å². The zero-order chi connectivity index (χ0) is 14.6. The molecule has 1 saturated carbocycles. The Kier molecular flexibility index (Phi) is 4.97. The summed E-state index contributed by atoms with van der Waals surface area (Å²) in [7, 11) is 0. The lowest BCUT2D eigenvalue weighted by Crippen LogP contribution is -2.35. The highest BCUT2D eigenvalue weighted by atomic mass is 15.3. The molecule has 0 spiro atoms. The molecule has 1 heterocycles. The molecule has 4 heteroatoms. The van der Waals surface area contributed by atoms with Gasteiger partial charge in [0, 0.05) is 25.2 Å². The van der Waals surface area contributed by atoms with Crippen molar-refractivity contribution in [2.45, 2.75) is 59.0 Å². The van der Waals surface area contributed by atoms with Gasteiger partial charge in [-0.3, -0.25) is 0 Å². The van der Waals surface area contributed by atoms with Crippen molar-refractivity contribution < 1.29 is 0 Å². The molecule has 0 saturated heterocycles. The van der Waals surface area contributed by atoms with Crippen LogP contribution in [0.1, 0.15) is 52.7 Å². The first kappa shape index (κ1) is 15.2. The fourth-order valence-electron chi connectivity index (χ4n) is 2.15. The van der Waals surface area contributed by atoms with E-state index in [2.05, 4.69) is 60.2 Å². The summed E-state index contributed by atoms with van der Waals surface area (Å²) < 4.78 is 0. The molecule has 1 aliphatic rings. The summed E-state index contributed by atoms with van der Waals surface area (Å²) in [5, 5.41) is 12.2. The van der Waals surface area contributed by atoms with Gasteiger partial charge in [0.05, 0.1) is 5.69 Å². The highest BCUT2D eigenvalue weighted by Gasteiger charge is 2.24. The number of hydrogen-bond donors (Lipinski definition) is 1. The molecule has 1 aromatic heterocycles. The van der Waals surface area contributed by atoms with Gasteiger partial charge in [-0.1, -0.05) is 6.92 Å². The first-order valence-corrected chi connectivity index (χ1v) is 7.80. The predicted molar refractivity (Wildman–Crippen MR) is 83.9 cm³/mol. The number of rotatable bonds is 7. The standard InChI is InChI=1S/C16H28N4/c1-5-10-20(12-13-6-7-13)15-9-8-14(18-19-15)11-17-16(2,3)4/h8-9,13,17H,5-7,10-12H2,1-4H3. The highest BCUT2D eigenvalue weighted by molar-refractivity contribution is 5.37. The van der Waals surface area contributed by atoms with E-state index in [1.807, 2.05) is 0 Å². The number of hydrogen-bond acceptors (Lipinski definition) is 4. The van der Waals surface area contributed by atoms with E-state index >= 15 is 0 Å². The van der Waals surface area contributed by atoms with Crippen LogP contribution in [-0.2, 0) is 6.54 Å². The van der Waals surface area contributed by atoms with Crippen molar-refractivity contribution in [1.29, 1.82) is 0 Å². The molecule has 1 aliphatic carbocycles. The summed E-state index contributed by atoms with van der Waals surface area (Å²) in [4.78, 5) is 2.38. The van der Waals surface area contributed by atoms with Gasteiger partial charge in [0.15, 0.2) is 5.82 Å². The summed E-state index contributed by atoms with van der Waals surface area (Å²) in [6.45, 7) is 11.7. The molecular weight excluding hydrogens is 248 g/mol. The molecule has 0 atom stereocenters. The topological polar surface area (TPSA) is 41.0 Å². The zero-order valence-corrected chi connectivity index (χ0v) is 13.3. The van der Waals surface area contributed by atoms with Gasteiger partial charge in [-0.2, -0.15) is 5.10 Å². The number of aromatic nitrogens is 2. The van der Waals surface area contributed by atoms with Crippen LogP contribution in [0.5, 0.6) is 0 Å². The Balaban J connectivity index is 1.94. The van der Waals surface area contributed by atoms with Gasteiger partial charge in [0.1, 0.15) is 0 Å². The summed E-state index contributed by atoms with van der Waals surface area (Å²) in [5.41, 5.74) is 1.12. The Labute approximate surface area is 123 Å². The summed E-state index contributed by atoms with van der Waals surface area (Å²) in [5.74, 6) is 1.91. The third-order valence-corrected chi connectivity index (χ3v) is 3.50. The smallest absolute Gasteiger partial charge is 0.151 e. The fourth-order valence-corrected chi connectivity index (χ4v) is 2.15. The SMILES string of the molecule is CCCN(CC1CC1)c1ccc(CNC(C)(C)C)nn1. The monoisotopic (exact) mass is 276 g/mol. The lowest BCUT2D eigenvalue weighted by Gasteiger charge is -2.23. The zero-order valence-electron chi connectivity index (χ0n) is 13.3. The predicted octanol–water partition coefficient (Wildman–Crippen LogP) is 2.99. The largest absolute Gasteiger partial charge is 0.355 e. The molecule has 1 aromatic rings. The van der Waals surface area contributed by atoms with Crippen LogP contribution < -0.4 is 10.2 Å². The lowest BCUT2D eigenvalue weighted by atomic mass is 10.1. The second kappa shape index (κ2) is 6.53. The first-order valence-electron chi connectivity index (χ1n) is 7.80. The maximum Gasteiger partial charge on any atom is 0.151 e. The minimum absolute atomic E-state index is 0.112. The normalized spacial score (nSPS) is 15.4. The van der Waals surface area contributed by atoms with Crippen molar-refractivity contribution in [2.75, 3.05) is 18.0 Å². The van der Waals surface area contributed by atoms with Crippen LogP contribution in [0.4, 0.5) is 5.82 Å². The van der Waals surface area contributed by atoms with E-state index in [0.717, 1.165) is 43.5 Å². The van der Waals surface area contributed by atoms with Crippen molar-refractivity contribution in [1.82, 2.24) is 15.5 Å². The van der Waals surface area contributed by atoms with Crippen molar-refractivity contribution in [3.8, 4) is 0 Å². The number of nitrogens with zero attached hydrogens (tertiary/aromatic N) is 3. The van der Waals surface area contributed by atoms with E-state index < -0.39 is 0 Å². The first-order chi connectivity index (χ1) is 9.48. The van der Waals surface area contributed by atoms with Gasteiger partial charge in [-0.05, 0) is 58.1 Å². The average Bonchev–Trinajstić information content (AvgIpc) is 3.20. The van der Waals surface area contributed by atoms with Crippen molar-refractivity contribution in [2.24, 2.45) is 5.92 Å². The molecule has 2 rings (SSSR count). The van der Waals surface area contributed by atoms with Crippen LogP contribution in [0, 0.1) is 5.92 Å². The van der Waals surface area contributed by atoms with Crippen LogP contribution in [0.25, 0.3) is 0 Å². The van der Waals surface area contributed by atoms with Gasteiger partial charge in [-0.15, -0.1) is 5.10 Å². The van der Waals surface area contributed by atoms with E-state index in [-0.39, 0.29) is 5.54 Å². The van der Waals surface area contributed by atoms with Crippen LogP contribution in [0.3, 0.4) is 0 Å². The van der Waals surface area contributed by atoms with Gasteiger partial charge in [-0.25, -0.2) is 0 Å². The minimum Gasteiger partial charge on any atom is -0.355 e. The molecule has 0 unspecified atom stereocenters. The summed E-state index contributed by atoms with van der Waals surface area (Å²) in [6.07, 6.45) is 3.91. The molecule has 1 N–H and O–H groups in total. The third-order valence-electron chi connectivity index (χ3n) is 3.50. The Hall–Kier alpha value is -1.16. The van der Waals surface area contributed by atoms with Gasteiger partial charge < -0.3 is 10.2 Å². The van der Waals surface area contributed by atoms with E-state index in [4.69, 9.17) is 0 Å². The second-order valence-corrected chi connectivity index (χ2v) is 6.88. The van der Waals surface area contributed by atoms with Crippen molar-refractivity contribution in [3.05, 3.63) is 17.8 Å². The van der Waals surface area contributed by atoms with E-state index in [1.165, 1.54) is 12.8 Å². The van der Waals surface area contributed by atoms with Gasteiger partial charge in [0.2, 0.25) is 0 Å². The van der Waals surface area contributed by atoms with Crippen molar-refractivity contribution in [3.63, 3.8) is 0 Å². The second-order valence-electron chi connectivity index (χ2n) is 6.88. The van der Waals surface area contributed by atoms with E-state index in [1.54, 1.807) is 0 Å². The fraction of sp³-hybridized carbons (Fsp3) is 0.750. The van der Waals surface area contributed by atoms with E-state index in [0.29, 0.717) is 0 Å². The average molecular weight is 276 g/mol. The highest BCUT2D eigenvalue weighted by Crippen LogP contribution is 2.30. The Bertz CT molecular complexity index is 403. The Morgan fingerprint density at radius 3 is 2.50 bits per heavy atom. The van der Waals surface area contributed by atoms with Crippen LogP contribution >= 0.6 is 0 Å². The minimum atomic E-state index is 0.112. The molecule has 0 radical (unpaired) electrons. The van der Waals surface area contributed by atoms with Crippen molar-refractivity contribution >= 4 is 5.82 Å². The van der Waals surface area contributed by atoms with Gasteiger partial charge in [0.25, 0.3) is 0 Å². The Morgan fingerprint density at radius 2 is 2.00 bits per heavy atom. The summed E-state index contributed by atoms with van der Waals surface area (Å²) in [6, 6.07) is 4.21. The summed E-state index contributed by atoms with van der Waals surface area (Å²) >= 11 is 0. The number of nitrogens with one attached hydrogen (secondary N) is 1. The van der Waals surface area contributed by atoms with Crippen LogP contribution in [0.2, 0.25) is 0 Å². The van der Waals surface area contributed by atoms with E-state index in [9.17, 15) is 0 Å². The molecular formula is C16H28N4. The molecule has 1 fully saturated rings. The third kappa shape index (κ3) is 5.08. The quantitative estimate of drug-likeness (QED) is 0.831. The maximum absolute atomic E-state index is 4.42. The van der Waals surface area contributed by atoms with Crippen LogP contribution in [-0.4, -0.2) is 28.8 Å². The lowest BCUT2D eigenvalue weighted by molar-refractivity contribution is 0.420. The molecule has 0 aromatic carbocycles. The molecule has 0 bridgehead atoms. The maximum atomic E-state index is 4.42. The molecule has 0 amide bonds. The molecule has 0 aliphatic heterocycles. The molecule has 20 heavy (non-hydrogen) atoms. The molecule has 112 valence electrons. The Morgan fingerprint density at radius 1 is 1.25 bits per heavy atom. The number of anilines is 1. The molecule has 4 nitrogen and oxygen atoms in total.